The molecule has 1 aliphatic heterocycles. The average molecular weight is 341 g/mol. The molecule has 1 N–H and O–H groups in total. The fraction of sp³-hybridized carbons (Fsp3) is 0.579. The fourth-order valence-electron chi connectivity index (χ4n) is 3.30. The van der Waals surface area contributed by atoms with E-state index in [2.05, 4.69) is 15.2 Å². The Morgan fingerprint density at radius 1 is 1.20 bits per heavy atom. The van der Waals surface area contributed by atoms with Crippen LogP contribution in [-0.2, 0) is 4.79 Å². The van der Waals surface area contributed by atoms with Crippen molar-refractivity contribution in [2.45, 2.75) is 53.4 Å². The molecule has 0 unspecified atom stereocenters. The van der Waals surface area contributed by atoms with Gasteiger partial charge in [0.05, 0.1) is 5.69 Å². The van der Waals surface area contributed by atoms with Crippen LogP contribution in [0.4, 0.5) is 0 Å². The monoisotopic (exact) mass is 341 g/mol. The van der Waals surface area contributed by atoms with Crippen molar-refractivity contribution in [1.29, 1.82) is 0 Å². The van der Waals surface area contributed by atoms with E-state index >= 15 is 0 Å². The van der Waals surface area contributed by atoms with Crippen molar-refractivity contribution in [3.05, 3.63) is 29.3 Å². The molecular weight excluding hydrogens is 314 g/mol. The van der Waals surface area contributed by atoms with Crippen LogP contribution in [0.5, 0.6) is 0 Å². The summed E-state index contributed by atoms with van der Waals surface area (Å²) in [7, 11) is 0. The smallest absolute Gasteiger partial charge is 0.227 e. The predicted octanol–water partition coefficient (Wildman–Crippen LogP) is 3.24. The number of aromatic amines is 1. The number of amides is 1. The van der Waals surface area contributed by atoms with Crippen LogP contribution in [0.1, 0.15) is 56.7 Å². The molecule has 1 aliphatic rings. The Bertz CT molecular complexity index is 774. The first-order valence-electron chi connectivity index (χ1n) is 8.91. The number of rotatable bonds is 2. The lowest BCUT2D eigenvalue weighted by molar-refractivity contribution is -0.140. The number of carbonyl (C=O) groups is 1. The molecule has 134 valence electrons. The van der Waals surface area contributed by atoms with E-state index in [-0.39, 0.29) is 17.2 Å². The average Bonchev–Trinajstić information content (AvgIpc) is 2.99. The summed E-state index contributed by atoms with van der Waals surface area (Å²) in [6.45, 7) is 11.4. The summed E-state index contributed by atoms with van der Waals surface area (Å²) < 4.78 is 0. The minimum atomic E-state index is -0.354. The zero-order valence-corrected chi connectivity index (χ0v) is 15.8. The Balaban J connectivity index is 1.86. The van der Waals surface area contributed by atoms with Crippen LogP contribution in [0.2, 0.25) is 0 Å². The van der Waals surface area contributed by atoms with Crippen LogP contribution in [-0.4, -0.2) is 44.1 Å². The summed E-state index contributed by atoms with van der Waals surface area (Å²) in [6.07, 6.45) is 2.00. The van der Waals surface area contributed by atoms with E-state index in [1.54, 1.807) is 0 Å². The summed E-state index contributed by atoms with van der Waals surface area (Å²) >= 11 is 0. The van der Waals surface area contributed by atoms with Gasteiger partial charge in [0, 0.05) is 35.8 Å². The van der Waals surface area contributed by atoms with Gasteiger partial charge in [-0.05, 0) is 38.8 Å². The Morgan fingerprint density at radius 3 is 2.60 bits per heavy atom. The van der Waals surface area contributed by atoms with Crippen LogP contribution in [0.3, 0.4) is 0 Å². The van der Waals surface area contributed by atoms with Gasteiger partial charge >= 0.3 is 0 Å². The zero-order valence-electron chi connectivity index (χ0n) is 15.8. The van der Waals surface area contributed by atoms with Gasteiger partial charge in [-0.2, -0.15) is 5.10 Å². The molecule has 1 atom stereocenters. The molecule has 25 heavy (non-hydrogen) atoms. The summed E-state index contributed by atoms with van der Waals surface area (Å²) in [5.74, 6) is 1.20. The molecule has 0 bridgehead atoms. The minimum Gasteiger partial charge on any atom is -0.342 e. The molecule has 3 heterocycles. The molecule has 0 aromatic carbocycles. The second kappa shape index (κ2) is 6.58. The molecule has 0 spiro atoms. The van der Waals surface area contributed by atoms with Crippen LogP contribution >= 0.6 is 0 Å². The summed E-state index contributed by atoms with van der Waals surface area (Å²) in [5.41, 5.74) is 3.26. The molecule has 1 saturated heterocycles. The molecule has 1 amide bonds. The van der Waals surface area contributed by atoms with Crippen molar-refractivity contribution in [3.8, 4) is 11.4 Å². The predicted molar refractivity (Wildman–Crippen MR) is 97.1 cm³/mol. The van der Waals surface area contributed by atoms with E-state index in [1.165, 1.54) is 0 Å². The van der Waals surface area contributed by atoms with Gasteiger partial charge < -0.3 is 4.90 Å². The highest BCUT2D eigenvalue weighted by Crippen LogP contribution is 2.29. The molecule has 2 aromatic rings. The first kappa shape index (κ1) is 17.6. The minimum absolute atomic E-state index is 0.179. The number of H-pyrrole nitrogens is 1. The third-order valence-electron chi connectivity index (χ3n) is 4.56. The fourth-order valence-corrected chi connectivity index (χ4v) is 3.30. The van der Waals surface area contributed by atoms with E-state index in [0.29, 0.717) is 6.54 Å². The highest BCUT2D eigenvalue weighted by Gasteiger charge is 2.32. The molecule has 3 rings (SSSR count). The normalized spacial score (nSPS) is 18.4. The number of nitrogens with zero attached hydrogens (tertiary/aromatic N) is 4. The van der Waals surface area contributed by atoms with E-state index in [0.717, 1.165) is 48.0 Å². The van der Waals surface area contributed by atoms with E-state index in [1.807, 2.05) is 51.7 Å². The summed E-state index contributed by atoms with van der Waals surface area (Å²) in [4.78, 5) is 24.0. The zero-order chi connectivity index (χ0) is 18.2. The second-order valence-electron chi connectivity index (χ2n) is 8.03. The van der Waals surface area contributed by atoms with Crippen molar-refractivity contribution in [2.75, 3.05) is 13.1 Å². The maximum absolute atomic E-state index is 12.6. The first-order chi connectivity index (χ1) is 11.7. The number of nitrogens with one attached hydrogen (secondary N) is 1. The lowest BCUT2D eigenvalue weighted by Gasteiger charge is -2.36. The molecule has 6 heteroatoms. The van der Waals surface area contributed by atoms with Gasteiger partial charge in [0.2, 0.25) is 5.91 Å². The number of hydrogen-bond donors (Lipinski definition) is 1. The Hall–Kier alpha value is -2.24. The lowest BCUT2D eigenvalue weighted by Crippen LogP contribution is -2.44. The quantitative estimate of drug-likeness (QED) is 0.910. The maximum Gasteiger partial charge on any atom is 0.227 e. The summed E-state index contributed by atoms with van der Waals surface area (Å²) in [5, 5.41) is 7.27. The molecular formula is C19H27N5O. The van der Waals surface area contributed by atoms with E-state index < -0.39 is 0 Å². The number of carbonyl (C=O) groups excluding carboxylic acids is 1. The number of piperidine rings is 1. The highest BCUT2D eigenvalue weighted by molar-refractivity contribution is 5.81. The van der Waals surface area contributed by atoms with Crippen LogP contribution in [0, 0.1) is 19.3 Å². The van der Waals surface area contributed by atoms with Crippen molar-refractivity contribution in [3.63, 3.8) is 0 Å². The van der Waals surface area contributed by atoms with Gasteiger partial charge in [-0.1, -0.05) is 20.8 Å². The topological polar surface area (TPSA) is 74.8 Å². The number of aromatic nitrogens is 4. The molecule has 0 aliphatic carbocycles. The SMILES string of the molecule is Cc1cc(-c2cc(C)[nH]n2)nc([C@@H]2CCCN(C(=O)C(C)(C)C)C2)n1. The second-order valence-corrected chi connectivity index (χ2v) is 8.03. The molecule has 0 radical (unpaired) electrons. The summed E-state index contributed by atoms with van der Waals surface area (Å²) in [6, 6.07) is 3.95. The molecule has 6 nitrogen and oxygen atoms in total. The van der Waals surface area contributed by atoms with E-state index in [4.69, 9.17) is 4.98 Å². The maximum atomic E-state index is 12.6. The van der Waals surface area contributed by atoms with Crippen LogP contribution < -0.4 is 0 Å². The Morgan fingerprint density at radius 2 is 1.96 bits per heavy atom. The lowest BCUT2D eigenvalue weighted by atomic mass is 9.91. The van der Waals surface area contributed by atoms with Crippen LogP contribution in [0.25, 0.3) is 11.4 Å². The van der Waals surface area contributed by atoms with Crippen molar-refractivity contribution in [1.82, 2.24) is 25.1 Å². The molecule has 0 saturated carbocycles. The largest absolute Gasteiger partial charge is 0.342 e. The first-order valence-corrected chi connectivity index (χ1v) is 8.91. The van der Waals surface area contributed by atoms with Gasteiger partial charge in [0.1, 0.15) is 11.5 Å². The Kier molecular flexibility index (Phi) is 4.62. The van der Waals surface area contributed by atoms with Gasteiger partial charge in [0.25, 0.3) is 0 Å². The number of hydrogen-bond acceptors (Lipinski definition) is 4. The number of aryl methyl sites for hydroxylation is 2. The number of likely N-dealkylation sites (tertiary alicyclic amines) is 1. The van der Waals surface area contributed by atoms with Gasteiger partial charge in [-0.15, -0.1) is 0 Å². The third-order valence-corrected chi connectivity index (χ3v) is 4.56. The Labute approximate surface area is 149 Å². The van der Waals surface area contributed by atoms with Crippen LogP contribution in [0.15, 0.2) is 12.1 Å². The van der Waals surface area contributed by atoms with E-state index in [9.17, 15) is 4.79 Å². The van der Waals surface area contributed by atoms with Gasteiger partial charge in [-0.25, -0.2) is 9.97 Å². The van der Waals surface area contributed by atoms with Gasteiger partial charge in [-0.3, -0.25) is 9.89 Å². The molecule has 1 fully saturated rings. The standard InChI is InChI=1S/C19H27N5O/c1-12-9-15(16-10-13(2)22-23-16)21-17(20-12)14-7-6-8-24(11-14)18(25)19(3,4)5/h9-10,14H,6-8,11H2,1-5H3,(H,22,23)/t14-/m1/s1. The van der Waals surface area contributed by atoms with Crippen molar-refractivity contribution in [2.24, 2.45) is 5.41 Å². The van der Waals surface area contributed by atoms with Crippen molar-refractivity contribution < 1.29 is 4.79 Å². The van der Waals surface area contributed by atoms with Gasteiger partial charge in [0.15, 0.2) is 0 Å². The highest BCUT2D eigenvalue weighted by atomic mass is 16.2. The molecule has 2 aromatic heterocycles. The van der Waals surface area contributed by atoms with Crippen molar-refractivity contribution >= 4 is 5.91 Å². The third kappa shape index (κ3) is 3.89.